The number of hydrogen-bond acceptors (Lipinski definition) is 6. The van der Waals surface area contributed by atoms with E-state index in [1.807, 2.05) is 30.0 Å². The van der Waals surface area contributed by atoms with E-state index in [4.69, 9.17) is 23.2 Å². The molecule has 0 aliphatic carbocycles. The number of carbonyl (C=O) groups excluding carboxylic acids is 1. The summed E-state index contributed by atoms with van der Waals surface area (Å²) in [7, 11) is 0. The fraction of sp³-hybridized carbons (Fsp3) is 0.304. The molecule has 1 saturated heterocycles. The lowest BCUT2D eigenvalue weighted by Gasteiger charge is -2.21. The van der Waals surface area contributed by atoms with E-state index >= 15 is 0 Å². The molecule has 5 rings (SSSR count). The zero-order valence-electron chi connectivity index (χ0n) is 18.0. The predicted molar refractivity (Wildman–Crippen MR) is 131 cm³/mol. The highest BCUT2D eigenvalue weighted by molar-refractivity contribution is 6.35. The number of nitrogens with zero attached hydrogens (tertiary/aromatic N) is 4. The molecule has 0 bridgehead atoms. The SMILES string of the molecule is CC(Nc1ncnc2cc(C(=O)N3CCCNCC3)c(Cl)cc12)c1nc2ccc(Cl)cc2[nH]1. The number of hydrogen-bond donors (Lipinski definition) is 3. The van der Waals surface area contributed by atoms with Gasteiger partial charge in [-0.2, -0.15) is 0 Å². The van der Waals surface area contributed by atoms with Crippen molar-refractivity contribution in [2.24, 2.45) is 0 Å². The second-order valence-corrected chi connectivity index (χ2v) is 8.96. The van der Waals surface area contributed by atoms with Crippen LogP contribution in [0.3, 0.4) is 0 Å². The fourth-order valence-corrected chi connectivity index (χ4v) is 4.47. The van der Waals surface area contributed by atoms with Crippen molar-refractivity contribution in [2.45, 2.75) is 19.4 Å². The van der Waals surface area contributed by atoms with E-state index in [0.29, 0.717) is 40.0 Å². The number of rotatable bonds is 4. The quantitative estimate of drug-likeness (QED) is 0.397. The molecule has 1 aliphatic heterocycles. The molecule has 1 unspecified atom stereocenters. The maximum absolute atomic E-state index is 13.1. The van der Waals surface area contributed by atoms with Crippen LogP contribution in [0.4, 0.5) is 5.82 Å². The summed E-state index contributed by atoms with van der Waals surface area (Å²) in [5.74, 6) is 1.30. The molecule has 10 heteroatoms. The molecule has 1 fully saturated rings. The van der Waals surface area contributed by atoms with E-state index in [-0.39, 0.29) is 11.9 Å². The number of H-pyrrole nitrogens is 1. The molecule has 0 saturated carbocycles. The van der Waals surface area contributed by atoms with Gasteiger partial charge in [-0.05, 0) is 50.2 Å². The third kappa shape index (κ3) is 4.46. The van der Waals surface area contributed by atoms with Gasteiger partial charge in [0.05, 0.1) is 33.2 Å². The summed E-state index contributed by atoms with van der Waals surface area (Å²) in [4.78, 5) is 31.7. The van der Waals surface area contributed by atoms with Gasteiger partial charge >= 0.3 is 0 Å². The van der Waals surface area contributed by atoms with Crippen molar-refractivity contribution >= 4 is 56.9 Å². The molecule has 1 atom stereocenters. The van der Waals surface area contributed by atoms with Crippen molar-refractivity contribution in [1.82, 2.24) is 30.2 Å². The molecule has 2 aromatic heterocycles. The van der Waals surface area contributed by atoms with Crippen molar-refractivity contribution in [3.8, 4) is 0 Å². The lowest BCUT2D eigenvalue weighted by atomic mass is 10.1. The van der Waals surface area contributed by atoms with Crippen LogP contribution in [0.15, 0.2) is 36.7 Å². The van der Waals surface area contributed by atoms with Crippen molar-refractivity contribution in [1.29, 1.82) is 0 Å². The molecular formula is C23H23Cl2N7O. The number of benzene rings is 2. The van der Waals surface area contributed by atoms with Crippen molar-refractivity contribution in [2.75, 3.05) is 31.5 Å². The van der Waals surface area contributed by atoms with Crippen molar-refractivity contribution in [3.05, 3.63) is 58.1 Å². The lowest BCUT2D eigenvalue weighted by molar-refractivity contribution is 0.0766. The number of aromatic nitrogens is 4. The lowest BCUT2D eigenvalue weighted by Crippen LogP contribution is -2.34. The van der Waals surface area contributed by atoms with Crippen LogP contribution in [-0.2, 0) is 0 Å². The molecule has 1 aliphatic rings. The zero-order chi connectivity index (χ0) is 22.9. The number of aromatic amines is 1. The van der Waals surface area contributed by atoms with Gasteiger partial charge in [0, 0.05) is 30.0 Å². The third-order valence-corrected chi connectivity index (χ3v) is 6.36. The van der Waals surface area contributed by atoms with Crippen LogP contribution in [0.2, 0.25) is 10.0 Å². The highest BCUT2D eigenvalue weighted by Crippen LogP contribution is 2.30. The third-order valence-electron chi connectivity index (χ3n) is 5.81. The fourth-order valence-electron chi connectivity index (χ4n) is 4.05. The second-order valence-electron chi connectivity index (χ2n) is 8.12. The maximum Gasteiger partial charge on any atom is 0.255 e. The summed E-state index contributed by atoms with van der Waals surface area (Å²) in [5.41, 5.74) is 2.81. The Morgan fingerprint density at radius 1 is 1.12 bits per heavy atom. The molecule has 3 N–H and O–H groups in total. The van der Waals surface area contributed by atoms with Crippen LogP contribution in [0.1, 0.15) is 35.6 Å². The van der Waals surface area contributed by atoms with Gasteiger partial charge in [0.1, 0.15) is 18.0 Å². The number of anilines is 1. The minimum absolute atomic E-state index is 0.0759. The summed E-state index contributed by atoms with van der Waals surface area (Å²) >= 11 is 12.7. The van der Waals surface area contributed by atoms with Crippen LogP contribution >= 0.6 is 23.2 Å². The van der Waals surface area contributed by atoms with Crippen LogP contribution in [0.25, 0.3) is 21.9 Å². The number of fused-ring (bicyclic) bond motifs is 2. The van der Waals surface area contributed by atoms with Gasteiger partial charge in [-0.3, -0.25) is 4.79 Å². The van der Waals surface area contributed by atoms with Crippen LogP contribution < -0.4 is 10.6 Å². The number of halogens is 2. The molecule has 2 aromatic carbocycles. The zero-order valence-corrected chi connectivity index (χ0v) is 19.5. The first-order chi connectivity index (χ1) is 16.0. The van der Waals surface area contributed by atoms with E-state index in [9.17, 15) is 4.79 Å². The molecule has 0 spiro atoms. The maximum atomic E-state index is 13.1. The predicted octanol–water partition coefficient (Wildman–Crippen LogP) is 4.42. The monoisotopic (exact) mass is 483 g/mol. The first-order valence-corrected chi connectivity index (χ1v) is 11.6. The van der Waals surface area contributed by atoms with E-state index in [1.54, 1.807) is 12.1 Å². The second kappa shape index (κ2) is 9.13. The highest BCUT2D eigenvalue weighted by atomic mass is 35.5. The van der Waals surface area contributed by atoms with E-state index in [1.165, 1.54) is 6.33 Å². The molecule has 0 radical (unpaired) electrons. The smallest absolute Gasteiger partial charge is 0.255 e. The minimum Gasteiger partial charge on any atom is -0.360 e. The van der Waals surface area contributed by atoms with Gasteiger partial charge in [-0.25, -0.2) is 15.0 Å². The van der Waals surface area contributed by atoms with Crippen molar-refractivity contribution < 1.29 is 4.79 Å². The summed E-state index contributed by atoms with van der Waals surface area (Å²) in [6.07, 6.45) is 2.40. The first kappa shape index (κ1) is 21.9. The van der Waals surface area contributed by atoms with Crippen molar-refractivity contribution in [3.63, 3.8) is 0 Å². The molecular weight excluding hydrogens is 461 g/mol. The average molecular weight is 484 g/mol. The van der Waals surface area contributed by atoms with E-state index in [2.05, 4.69) is 30.6 Å². The summed E-state index contributed by atoms with van der Waals surface area (Å²) in [6.45, 7) is 5.04. The van der Waals surface area contributed by atoms with E-state index in [0.717, 1.165) is 41.8 Å². The van der Waals surface area contributed by atoms with Gasteiger partial charge in [0.2, 0.25) is 0 Å². The summed E-state index contributed by atoms with van der Waals surface area (Å²) in [5, 5.41) is 8.46. The summed E-state index contributed by atoms with van der Waals surface area (Å²) < 4.78 is 0. The largest absolute Gasteiger partial charge is 0.360 e. The van der Waals surface area contributed by atoms with Crippen LogP contribution in [0, 0.1) is 0 Å². The Morgan fingerprint density at radius 2 is 2.00 bits per heavy atom. The number of nitrogens with one attached hydrogen (secondary N) is 3. The molecule has 170 valence electrons. The number of carbonyl (C=O) groups is 1. The van der Waals surface area contributed by atoms with Gasteiger partial charge in [-0.15, -0.1) is 0 Å². The first-order valence-electron chi connectivity index (χ1n) is 10.9. The molecule has 4 aromatic rings. The number of imidazole rings is 1. The standard InChI is InChI=1S/C23H23Cl2N7O/c1-13(21-30-18-4-3-14(24)9-20(18)31-21)29-22-16-10-17(25)15(11-19(16)27-12-28-22)23(33)32-7-2-5-26-6-8-32/h3-4,9-13,26H,2,5-8H2,1H3,(H,30,31)(H,27,28,29). The molecule has 33 heavy (non-hydrogen) atoms. The molecule has 8 nitrogen and oxygen atoms in total. The average Bonchev–Trinajstić information content (AvgIpc) is 3.03. The van der Waals surface area contributed by atoms with Gasteiger partial charge in [-0.1, -0.05) is 23.2 Å². The van der Waals surface area contributed by atoms with Gasteiger partial charge in [0.25, 0.3) is 5.91 Å². The Morgan fingerprint density at radius 3 is 2.88 bits per heavy atom. The number of amides is 1. The van der Waals surface area contributed by atoms with Gasteiger partial charge in [0.15, 0.2) is 0 Å². The Labute approximate surface area is 200 Å². The molecule has 1 amide bonds. The Balaban J connectivity index is 1.44. The summed E-state index contributed by atoms with van der Waals surface area (Å²) in [6, 6.07) is 8.88. The highest BCUT2D eigenvalue weighted by Gasteiger charge is 2.21. The Kier molecular flexibility index (Phi) is 6.05. The minimum atomic E-state index is -0.168. The normalized spacial score (nSPS) is 15.5. The topological polar surface area (TPSA) is 98.8 Å². The Hall–Kier alpha value is -2.94. The van der Waals surface area contributed by atoms with Crippen LogP contribution in [-0.4, -0.2) is 56.9 Å². The van der Waals surface area contributed by atoms with E-state index < -0.39 is 0 Å². The molecule has 3 heterocycles. The van der Waals surface area contributed by atoms with Gasteiger partial charge < -0.3 is 20.5 Å². The Bertz CT molecular complexity index is 1330. The van der Waals surface area contributed by atoms with Crippen LogP contribution in [0.5, 0.6) is 0 Å².